The molecule has 0 aliphatic heterocycles. The molecule has 10 heteroatoms. The van der Waals surface area contributed by atoms with E-state index in [4.69, 9.17) is 5.11 Å². The van der Waals surface area contributed by atoms with E-state index in [0.29, 0.717) is 5.75 Å². The Morgan fingerprint density at radius 1 is 1.24 bits per heavy atom. The largest absolute Gasteiger partial charge is 0.395 e. The van der Waals surface area contributed by atoms with Gasteiger partial charge in [0.05, 0.1) is 6.61 Å². The molecule has 1 aromatic rings. The summed E-state index contributed by atoms with van der Waals surface area (Å²) in [5, 5.41) is 9.04. The Hall–Kier alpha value is -0.840. The molecule has 1 rings (SSSR count). The lowest BCUT2D eigenvalue weighted by atomic mass is 10.3. The first kappa shape index (κ1) is 18.2. The van der Waals surface area contributed by atoms with Crippen molar-refractivity contribution in [2.75, 3.05) is 18.6 Å². The summed E-state index contributed by atoms with van der Waals surface area (Å²) >= 11 is 1.36. The molecule has 0 aromatic heterocycles. The maximum absolute atomic E-state index is 13.5. The Balaban J connectivity index is 3.19. The van der Waals surface area contributed by atoms with Gasteiger partial charge in [-0.3, -0.25) is 0 Å². The molecule has 21 heavy (non-hydrogen) atoms. The smallest absolute Gasteiger partial charge is 0.246 e. The molecule has 0 fully saturated rings. The summed E-state index contributed by atoms with van der Waals surface area (Å²) in [6, 6.07) is -1.10. The highest BCUT2D eigenvalue weighted by atomic mass is 32.2. The fourth-order valence-electron chi connectivity index (χ4n) is 1.51. The molecule has 0 spiro atoms. The van der Waals surface area contributed by atoms with E-state index in [9.17, 15) is 26.0 Å². The first-order valence-corrected chi connectivity index (χ1v) is 8.57. The van der Waals surface area contributed by atoms with Crippen LogP contribution in [0, 0.1) is 23.3 Å². The molecular weight excluding hydrogens is 334 g/mol. The minimum atomic E-state index is -4.86. The summed E-state index contributed by atoms with van der Waals surface area (Å²) in [5.41, 5.74) is 0. The highest BCUT2D eigenvalue weighted by molar-refractivity contribution is 7.98. The van der Waals surface area contributed by atoms with Crippen molar-refractivity contribution in [2.24, 2.45) is 0 Å². The van der Waals surface area contributed by atoms with Crippen LogP contribution < -0.4 is 4.72 Å². The average Bonchev–Trinajstić information content (AvgIpc) is 2.41. The summed E-state index contributed by atoms with van der Waals surface area (Å²) < 4.78 is 78.6. The minimum Gasteiger partial charge on any atom is -0.395 e. The first-order chi connectivity index (χ1) is 9.74. The molecule has 0 radical (unpaired) electrons. The van der Waals surface area contributed by atoms with Gasteiger partial charge in [0.25, 0.3) is 0 Å². The number of aliphatic hydroxyl groups excluding tert-OH is 1. The fourth-order valence-corrected chi connectivity index (χ4v) is 3.45. The first-order valence-electron chi connectivity index (χ1n) is 5.69. The van der Waals surface area contributed by atoms with Gasteiger partial charge in [-0.15, -0.1) is 0 Å². The van der Waals surface area contributed by atoms with Crippen LogP contribution in [0.15, 0.2) is 11.0 Å². The fraction of sp³-hybridized carbons (Fsp3) is 0.455. The standard InChI is InChI=1S/C11H13F4NO3S2/c1-20-3-2-6(5-17)16-21(18,19)11-9(14)7(12)4-8(13)10(11)15/h4,6,16-17H,2-3,5H2,1H3/t6-/m1/s1. The second kappa shape index (κ2) is 7.43. The van der Waals surface area contributed by atoms with Gasteiger partial charge in [-0.2, -0.15) is 11.8 Å². The quantitative estimate of drug-likeness (QED) is 0.581. The van der Waals surface area contributed by atoms with Crippen LogP contribution in [0.25, 0.3) is 0 Å². The van der Waals surface area contributed by atoms with Crippen LogP contribution in [0.5, 0.6) is 0 Å². The van der Waals surface area contributed by atoms with Gasteiger partial charge in [0.2, 0.25) is 10.0 Å². The molecule has 0 unspecified atom stereocenters. The van der Waals surface area contributed by atoms with Crippen molar-refractivity contribution >= 4 is 21.8 Å². The lowest BCUT2D eigenvalue weighted by Gasteiger charge is -2.16. The Morgan fingerprint density at radius 2 is 1.76 bits per heavy atom. The third kappa shape index (κ3) is 4.31. The Labute approximate surface area is 123 Å². The van der Waals surface area contributed by atoms with Crippen LogP contribution in [0.3, 0.4) is 0 Å². The molecule has 1 atom stereocenters. The number of aliphatic hydroxyl groups is 1. The second-order valence-electron chi connectivity index (χ2n) is 4.08. The zero-order chi connectivity index (χ0) is 16.2. The van der Waals surface area contributed by atoms with Gasteiger partial charge in [-0.05, 0) is 18.4 Å². The van der Waals surface area contributed by atoms with E-state index in [1.165, 1.54) is 11.8 Å². The number of halogens is 4. The molecule has 0 heterocycles. The molecule has 120 valence electrons. The van der Waals surface area contributed by atoms with E-state index >= 15 is 0 Å². The summed E-state index contributed by atoms with van der Waals surface area (Å²) in [6.07, 6.45) is 1.92. The number of nitrogens with one attached hydrogen (secondary N) is 1. The summed E-state index contributed by atoms with van der Waals surface area (Å²) in [4.78, 5) is -1.73. The van der Waals surface area contributed by atoms with Crippen molar-refractivity contribution in [3.63, 3.8) is 0 Å². The molecule has 4 nitrogen and oxygen atoms in total. The van der Waals surface area contributed by atoms with Crippen molar-refractivity contribution in [2.45, 2.75) is 17.4 Å². The van der Waals surface area contributed by atoms with E-state index in [-0.39, 0.29) is 12.5 Å². The van der Waals surface area contributed by atoms with Gasteiger partial charge < -0.3 is 5.11 Å². The van der Waals surface area contributed by atoms with E-state index in [2.05, 4.69) is 0 Å². The van der Waals surface area contributed by atoms with Crippen LogP contribution in [-0.2, 0) is 10.0 Å². The highest BCUT2D eigenvalue weighted by Gasteiger charge is 2.31. The number of rotatable bonds is 7. The number of thioether (sulfide) groups is 1. The summed E-state index contributed by atoms with van der Waals surface area (Å²) in [6.45, 7) is -0.624. The second-order valence-corrected chi connectivity index (χ2v) is 6.72. The van der Waals surface area contributed by atoms with Crippen molar-refractivity contribution in [3.8, 4) is 0 Å². The van der Waals surface area contributed by atoms with Gasteiger partial charge >= 0.3 is 0 Å². The predicted octanol–water partition coefficient (Wildman–Crippen LogP) is 1.64. The lowest BCUT2D eigenvalue weighted by molar-refractivity contribution is 0.254. The molecule has 0 aliphatic rings. The number of sulfonamides is 1. The topological polar surface area (TPSA) is 66.4 Å². The van der Waals surface area contributed by atoms with Gasteiger partial charge in [0.1, 0.15) is 0 Å². The van der Waals surface area contributed by atoms with Crippen molar-refractivity contribution < 1.29 is 31.1 Å². The zero-order valence-electron chi connectivity index (χ0n) is 10.9. The third-order valence-corrected chi connectivity index (χ3v) is 4.74. The van der Waals surface area contributed by atoms with Gasteiger partial charge in [0, 0.05) is 12.1 Å². The highest BCUT2D eigenvalue weighted by Crippen LogP contribution is 2.24. The van der Waals surface area contributed by atoms with Crippen LogP contribution in [0.4, 0.5) is 17.6 Å². The molecule has 2 N–H and O–H groups in total. The third-order valence-electron chi connectivity index (χ3n) is 2.55. The maximum atomic E-state index is 13.5. The molecule has 0 aliphatic carbocycles. The van der Waals surface area contributed by atoms with E-state index in [0.717, 1.165) is 0 Å². The summed E-state index contributed by atoms with van der Waals surface area (Å²) in [5.74, 6) is -7.19. The number of benzene rings is 1. The Bertz CT molecular complexity index is 584. The minimum absolute atomic E-state index is 0.0824. The van der Waals surface area contributed by atoms with Crippen LogP contribution in [0.1, 0.15) is 6.42 Å². The molecule has 0 bridgehead atoms. The molecule has 0 amide bonds. The molecule has 0 saturated heterocycles. The number of hydrogen-bond donors (Lipinski definition) is 2. The van der Waals surface area contributed by atoms with Gasteiger partial charge in [-0.25, -0.2) is 30.7 Å². The maximum Gasteiger partial charge on any atom is 0.246 e. The average molecular weight is 347 g/mol. The normalized spacial score (nSPS) is 13.4. The van der Waals surface area contributed by atoms with Crippen molar-refractivity contribution in [1.29, 1.82) is 0 Å². The van der Waals surface area contributed by atoms with Crippen LogP contribution in [-0.4, -0.2) is 38.2 Å². The predicted molar refractivity (Wildman–Crippen MR) is 70.5 cm³/mol. The van der Waals surface area contributed by atoms with E-state index in [1.807, 2.05) is 4.72 Å². The van der Waals surface area contributed by atoms with E-state index < -0.39 is 50.8 Å². The van der Waals surface area contributed by atoms with Crippen LogP contribution in [0.2, 0.25) is 0 Å². The lowest BCUT2D eigenvalue weighted by Crippen LogP contribution is -2.38. The van der Waals surface area contributed by atoms with Gasteiger partial charge in [0.15, 0.2) is 28.2 Å². The van der Waals surface area contributed by atoms with E-state index in [1.54, 1.807) is 6.26 Å². The summed E-state index contributed by atoms with van der Waals surface area (Å²) in [7, 11) is -4.86. The SMILES string of the molecule is CSCC[C@H](CO)NS(=O)(=O)c1c(F)c(F)cc(F)c1F. The molecular formula is C11H13F4NO3S2. The Morgan fingerprint density at radius 3 is 2.19 bits per heavy atom. The Kier molecular flexibility index (Phi) is 6.44. The van der Waals surface area contributed by atoms with Crippen LogP contribution >= 0.6 is 11.8 Å². The van der Waals surface area contributed by atoms with Crippen molar-refractivity contribution in [3.05, 3.63) is 29.3 Å². The van der Waals surface area contributed by atoms with Gasteiger partial charge in [-0.1, -0.05) is 0 Å². The monoisotopic (exact) mass is 347 g/mol. The molecule has 1 aromatic carbocycles. The molecule has 0 saturated carbocycles. The zero-order valence-corrected chi connectivity index (χ0v) is 12.5. The van der Waals surface area contributed by atoms with Crippen molar-refractivity contribution in [1.82, 2.24) is 4.72 Å². The number of hydrogen-bond acceptors (Lipinski definition) is 4.